The van der Waals surface area contributed by atoms with Gasteiger partial charge in [0.2, 0.25) is 5.91 Å². The zero-order valence-corrected chi connectivity index (χ0v) is 17.2. The molecule has 3 rings (SSSR count). The molecule has 2 aliphatic heterocycles. The van der Waals surface area contributed by atoms with E-state index < -0.39 is 11.0 Å². The zero-order chi connectivity index (χ0) is 22.0. The van der Waals surface area contributed by atoms with Gasteiger partial charge >= 0.3 is 6.03 Å². The standard InChI is InChI=1S/C20H25N5O5/c1-4-24-15-10-23(11-16(26)21-9-12(2)3)19(27)17(15)18(22-20(24)28)13-6-5-7-14(8-13)25(29)30/h5-8,12,18H,4,9-11H2,1-3H3,(H,21,26)(H,22,28)/t18-/m1/s1. The molecular weight excluding hydrogens is 390 g/mol. The number of likely N-dealkylation sites (N-methyl/N-ethyl adjacent to an activating group) is 1. The van der Waals surface area contributed by atoms with Gasteiger partial charge < -0.3 is 15.5 Å². The molecule has 0 spiro atoms. The summed E-state index contributed by atoms with van der Waals surface area (Å²) in [5.41, 5.74) is 1.19. The Morgan fingerprint density at radius 1 is 1.37 bits per heavy atom. The van der Waals surface area contributed by atoms with Crippen LogP contribution in [0, 0.1) is 16.0 Å². The Bertz CT molecular complexity index is 926. The second kappa shape index (κ2) is 8.52. The van der Waals surface area contributed by atoms with E-state index in [2.05, 4.69) is 10.6 Å². The van der Waals surface area contributed by atoms with Crippen LogP contribution in [0.3, 0.4) is 0 Å². The summed E-state index contributed by atoms with van der Waals surface area (Å²) in [4.78, 5) is 51.5. The highest BCUT2D eigenvalue weighted by Crippen LogP contribution is 2.36. The van der Waals surface area contributed by atoms with E-state index in [-0.39, 0.29) is 42.5 Å². The average molecular weight is 415 g/mol. The molecule has 0 fully saturated rings. The van der Waals surface area contributed by atoms with Gasteiger partial charge in [0.05, 0.1) is 28.8 Å². The third-order valence-electron chi connectivity index (χ3n) is 5.07. The molecule has 10 heteroatoms. The van der Waals surface area contributed by atoms with Crippen molar-refractivity contribution in [3.05, 3.63) is 51.2 Å². The molecule has 30 heavy (non-hydrogen) atoms. The van der Waals surface area contributed by atoms with E-state index in [1.807, 2.05) is 13.8 Å². The predicted octanol–water partition coefficient (Wildman–Crippen LogP) is 1.55. The lowest BCUT2D eigenvalue weighted by Gasteiger charge is -2.32. The van der Waals surface area contributed by atoms with E-state index in [0.29, 0.717) is 29.9 Å². The molecule has 1 aromatic rings. The SMILES string of the molecule is CCN1C(=O)N[C@H](c2cccc([N+](=O)[O-])c2)C2=C1CN(CC(=O)NCC(C)C)C2=O. The normalized spacial score (nSPS) is 18.6. The molecule has 4 amide bonds. The summed E-state index contributed by atoms with van der Waals surface area (Å²) < 4.78 is 0. The quantitative estimate of drug-likeness (QED) is 0.516. The van der Waals surface area contributed by atoms with Crippen LogP contribution in [-0.2, 0) is 9.59 Å². The molecule has 1 atom stereocenters. The fourth-order valence-electron chi connectivity index (χ4n) is 3.63. The van der Waals surface area contributed by atoms with Gasteiger partial charge in [0, 0.05) is 25.2 Å². The van der Waals surface area contributed by atoms with Crippen LogP contribution in [0.2, 0.25) is 0 Å². The van der Waals surface area contributed by atoms with E-state index in [9.17, 15) is 24.5 Å². The summed E-state index contributed by atoms with van der Waals surface area (Å²) in [6, 6.07) is 4.66. The maximum atomic E-state index is 13.2. The van der Waals surface area contributed by atoms with Crippen molar-refractivity contribution < 1.29 is 19.3 Å². The number of urea groups is 1. The van der Waals surface area contributed by atoms with Gasteiger partial charge in [-0.3, -0.25) is 24.6 Å². The molecule has 2 heterocycles. The lowest BCUT2D eigenvalue weighted by Crippen LogP contribution is -2.47. The number of hydrogen-bond donors (Lipinski definition) is 2. The molecule has 2 aliphatic rings. The minimum Gasteiger partial charge on any atom is -0.354 e. The number of nitrogens with one attached hydrogen (secondary N) is 2. The molecule has 0 saturated carbocycles. The predicted molar refractivity (Wildman–Crippen MR) is 108 cm³/mol. The number of carbonyl (C=O) groups is 3. The van der Waals surface area contributed by atoms with Crippen LogP contribution in [0.1, 0.15) is 32.4 Å². The van der Waals surface area contributed by atoms with Gasteiger partial charge in [0.25, 0.3) is 11.6 Å². The summed E-state index contributed by atoms with van der Waals surface area (Å²) in [5.74, 6) is -0.351. The first-order valence-electron chi connectivity index (χ1n) is 9.84. The summed E-state index contributed by atoms with van der Waals surface area (Å²) in [7, 11) is 0. The molecule has 0 bridgehead atoms. The summed E-state index contributed by atoms with van der Waals surface area (Å²) >= 11 is 0. The second-order valence-corrected chi connectivity index (χ2v) is 7.70. The number of hydrogen-bond acceptors (Lipinski definition) is 5. The topological polar surface area (TPSA) is 125 Å². The highest BCUT2D eigenvalue weighted by Gasteiger charge is 2.44. The van der Waals surface area contributed by atoms with Gasteiger partial charge in [-0.2, -0.15) is 0 Å². The Hall–Kier alpha value is -3.43. The number of nitro groups is 1. The highest BCUT2D eigenvalue weighted by molar-refractivity contribution is 6.03. The van der Waals surface area contributed by atoms with Crippen LogP contribution in [0.15, 0.2) is 35.5 Å². The Kier molecular flexibility index (Phi) is 6.04. The van der Waals surface area contributed by atoms with Crippen LogP contribution >= 0.6 is 0 Å². The molecule has 0 aromatic heterocycles. The van der Waals surface area contributed by atoms with Gasteiger partial charge in [-0.05, 0) is 18.4 Å². The summed E-state index contributed by atoms with van der Waals surface area (Å²) in [6.07, 6.45) is 0. The van der Waals surface area contributed by atoms with Crippen LogP contribution in [0.25, 0.3) is 0 Å². The molecule has 0 aliphatic carbocycles. The summed E-state index contributed by atoms with van der Waals surface area (Å²) in [6.45, 7) is 6.61. The van der Waals surface area contributed by atoms with Crippen molar-refractivity contribution in [1.82, 2.24) is 20.4 Å². The molecule has 2 N–H and O–H groups in total. The van der Waals surface area contributed by atoms with Gasteiger partial charge in [-0.1, -0.05) is 26.0 Å². The lowest BCUT2D eigenvalue weighted by atomic mass is 9.95. The van der Waals surface area contributed by atoms with Crippen LogP contribution < -0.4 is 10.6 Å². The molecule has 1 aromatic carbocycles. The first kappa shape index (κ1) is 21.3. The number of non-ortho nitro benzene ring substituents is 1. The molecule has 0 radical (unpaired) electrons. The minimum atomic E-state index is -0.813. The molecule has 0 unspecified atom stereocenters. The molecule has 160 valence electrons. The number of carbonyl (C=O) groups excluding carboxylic acids is 3. The smallest absolute Gasteiger partial charge is 0.322 e. The van der Waals surface area contributed by atoms with E-state index in [1.165, 1.54) is 28.0 Å². The second-order valence-electron chi connectivity index (χ2n) is 7.70. The highest BCUT2D eigenvalue weighted by atomic mass is 16.6. The van der Waals surface area contributed by atoms with Crippen LogP contribution in [0.5, 0.6) is 0 Å². The fraction of sp³-hybridized carbons (Fsp3) is 0.450. The largest absolute Gasteiger partial charge is 0.354 e. The Balaban J connectivity index is 1.90. The van der Waals surface area contributed by atoms with E-state index in [0.717, 1.165) is 0 Å². The van der Waals surface area contributed by atoms with Crippen molar-refractivity contribution in [2.45, 2.75) is 26.8 Å². The maximum absolute atomic E-state index is 13.2. The van der Waals surface area contributed by atoms with E-state index >= 15 is 0 Å². The summed E-state index contributed by atoms with van der Waals surface area (Å²) in [5, 5.41) is 16.7. The number of nitrogens with zero attached hydrogens (tertiary/aromatic N) is 3. The van der Waals surface area contributed by atoms with E-state index in [4.69, 9.17) is 0 Å². The Labute approximate surface area is 174 Å². The van der Waals surface area contributed by atoms with Crippen molar-refractivity contribution in [2.24, 2.45) is 5.92 Å². The molecule has 10 nitrogen and oxygen atoms in total. The van der Waals surface area contributed by atoms with Gasteiger partial charge in [-0.15, -0.1) is 0 Å². The molecular formula is C20H25N5O5. The van der Waals surface area contributed by atoms with Crippen LogP contribution in [-0.4, -0.2) is 58.7 Å². The monoisotopic (exact) mass is 415 g/mol. The number of amides is 4. The fourth-order valence-corrected chi connectivity index (χ4v) is 3.63. The first-order chi connectivity index (χ1) is 14.2. The number of rotatable bonds is 7. The van der Waals surface area contributed by atoms with Gasteiger partial charge in [0.15, 0.2) is 0 Å². The number of nitro benzene ring substituents is 1. The van der Waals surface area contributed by atoms with E-state index in [1.54, 1.807) is 13.0 Å². The third kappa shape index (κ3) is 4.12. The maximum Gasteiger partial charge on any atom is 0.322 e. The minimum absolute atomic E-state index is 0.119. The van der Waals surface area contributed by atoms with Gasteiger partial charge in [-0.25, -0.2) is 4.79 Å². The Morgan fingerprint density at radius 2 is 2.10 bits per heavy atom. The van der Waals surface area contributed by atoms with Crippen molar-refractivity contribution >= 4 is 23.5 Å². The van der Waals surface area contributed by atoms with Crippen molar-refractivity contribution in [2.75, 3.05) is 26.2 Å². The van der Waals surface area contributed by atoms with Gasteiger partial charge in [0.1, 0.15) is 6.54 Å². The first-order valence-corrected chi connectivity index (χ1v) is 9.84. The zero-order valence-electron chi connectivity index (χ0n) is 17.2. The Morgan fingerprint density at radius 3 is 2.73 bits per heavy atom. The average Bonchev–Trinajstić information content (AvgIpc) is 3.02. The van der Waals surface area contributed by atoms with Crippen molar-refractivity contribution in [3.8, 4) is 0 Å². The third-order valence-corrected chi connectivity index (χ3v) is 5.07. The van der Waals surface area contributed by atoms with Crippen molar-refractivity contribution in [1.29, 1.82) is 0 Å². The lowest BCUT2D eigenvalue weighted by molar-refractivity contribution is -0.384. The van der Waals surface area contributed by atoms with Crippen molar-refractivity contribution in [3.63, 3.8) is 0 Å². The molecule has 0 saturated heterocycles. The van der Waals surface area contributed by atoms with Crippen LogP contribution in [0.4, 0.5) is 10.5 Å². The number of benzene rings is 1.